The van der Waals surface area contributed by atoms with E-state index in [2.05, 4.69) is 13.8 Å². The van der Waals surface area contributed by atoms with Gasteiger partial charge in [0.25, 0.3) is 0 Å². The van der Waals surface area contributed by atoms with E-state index in [0.717, 1.165) is 22.7 Å². The molecule has 0 bridgehead atoms. The fraction of sp³-hybridized carbons (Fsp3) is 0.600. The summed E-state index contributed by atoms with van der Waals surface area (Å²) in [4.78, 5) is 0.985. The third-order valence-electron chi connectivity index (χ3n) is 2.37. The number of rotatable bonds is 4. The van der Waals surface area contributed by atoms with Gasteiger partial charge in [0, 0.05) is 10.3 Å². The van der Waals surface area contributed by atoms with Crippen molar-refractivity contribution in [1.82, 2.24) is 0 Å². The molecule has 1 heterocycles. The molecule has 0 spiro atoms. The van der Waals surface area contributed by atoms with Crippen molar-refractivity contribution in [1.29, 1.82) is 0 Å². The maximum Gasteiger partial charge on any atom is 0.0910 e. The maximum absolute atomic E-state index is 9.95. The Hall–Kier alpha value is -0.0500. The van der Waals surface area contributed by atoms with Crippen LogP contribution in [0.15, 0.2) is 11.4 Å². The lowest BCUT2D eigenvalue weighted by molar-refractivity contribution is 0.107. The van der Waals surface area contributed by atoms with Gasteiger partial charge in [-0.05, 0) is 12.0 Å². The summed E-state index contributed by atoms with van der Waals surface area (Å²) in [6.45, 7) is 4.21. The number of hydrogen-bond acceptors (Lipinski definition) is 2. The lowest BCUT2D eigenvalue weighted by Gasteiger charge is -2.18. The lowest BCUT2D eigenvalue weighted by Crippen LogP contribution is -2.09. The summed E-state index contributed by atoms with van der Waals surface area (Å²) in [5.74, 6) is 0.356. The van der Waals surface area contributed by atoms with Crippen LogP contribution < -0.4 is 0 Å². The van der Waals surface area contributed by atoms with Gasteiger partial charge in [0.1, 0.15) is 0 Å². The zero-order chi connectivity index (χ0) is 9.84. The third kappa shape index (κ3) is 2.70. The fourth-order valence-corrected chi connectivity index (χ4v) is 2.61. The first-order valence-corrected chi connectivity index (χ1v) is 5.86. The van der Waals surface area contributed by atoms with E-state index in [1.165, 1.54) is 11.3 Å². The van der Waals surface area contributed by atoms with Gasteiger partial charge in [0.2, 0.25) is 0 Å². The van der Waals surface area contributed by atoms with Crippen LogP contribution in [0.2, 0.25) is 5.02 Å². The van der Waals surface area contributed by atoms with Gasteiger partial charge in [0.05, 0.1) is 11.1 Å². The van der Waals surface area contributed by atoms with Crippen LogP contribution in [-0.2, 0) is 0 Å². The van der Waals surface area contributed by atoms with Gasteiger partial charge in [-0.3, -0.25) is 0 Å². The van der Waals surface area contributed by atoms with E-state index >= 15 is 0 Å². The Kier molecular flexibility index (Phi) is 4.23. The summed E-state index contributed by atoms with van der Waals surface area (Å²) in [7, 11) is 0. The van der Waals surface area contributed by atoms with Crippen LogP contribution in [0.1, 0.15) is 37.7 Å². The molecule has 1 unspecified atom stereocenters. The van der Waals surface area contributed by atoms with Crippen molar-refractivity contribution in [3.63, 3.8) is 0 Å². The molecule has 0 amide bonds. The second kappa shape index (κ2) is 4.99. The zero-order valence-corrected chi connectivity index (χ0v) is 9.53. The number of aliphatic hydroxyl groups excluding tert-OH is 1. The predicted molar refractivity (Wildman–Crippen MR) is 58.4 cm³/mol. The van der Waals surface area contributed by atoms with Crippen LogP contribution in [0.4, 0.5) is 0 Å². The molecule has 0 saturated carbocycles. The van der Waals surface area contributed by atoms with E-state index in [9.17, 15) is 5.11 Å². The molecule has 0 aliphatic rings. The molecule has 1 aromatic heterocycles. The van der Waals surface area contributed by atoms with Gasteiger partial charge in [-0.2, -0.15) is 0 Å². The Balaban J connectivity index is 2.71. The first-order chi connectivity index (χ1) is 6.19. The summed E-state index contributed by atoms with van der Waals surface area (Å²) in [6, 6.07) is 1.86. The Morgan fingerprint density at radius 2 is 2.08 bits per heavy atom. The third-order valence-corrected chi connectivity index (χ3v) is 3.73. The summed E-state index contributed by atoms with van der Waals surface area (Å²) in [5, 5.41) is 12.5. The van der Waals surface area contributed by atoms with Crippen LogP contribution in [-0.4, -0.2) is 5.11 Å². The highest BCUT2D eigenvalue weighted by Crippen LogP contribution is 2.32. The molecule has 1 aromatic rings. The van der Waals surface area contributed by atoms with E-state index in [1.807, 2.05) is 11.4 Å². The van der Waals surface area contributed by atoms with E-state index in [-0.39, 0.29) is 6.10 Å². The highest BCUT2D eigenvalue weighted by Gasteiger charge is 2.18. The Labute approximate surface area is 88.4 Å². The first kappa shape index (κ1) is 11.0. The number of halogens is 1. The Morgan fingerprint density at radius 3 is 2.46 bits per heavy atom. The molecular formula is C10H15ClOS. The molecule has 3 heteroatoms. The molecule has 1 N–H and O–H groups in total. The summed E-state index contributed by atoms with van der Waals surface area (Å²) in [5.41, 5.74) is 0. The van der Waals surface area contributed by atoms with Crippen molar-refractivity contribution in [3.8, 4) is 0 Å². The van der Waals surface area contributed by atoms with Crippen molar-refractivity contribution >= 4 is 22.9 Å². The molecule has 0 aliphatic heterocycles. The molecule has 1 atom stereocenters. The Bertz CT molecular complexity index is 255. The normalized spacial score (nSPS) is 13.6. The standard InChI is InChI=1S/C10H15ClOS/c1-3-7(4-2)10(12)9-5-8(11)6-13-9/h5-7,10,12H,3-4H2,1-2H3. The zero-order valence-electron chi connectivity index (χ0n) is 7.96. The summed E-state index contributed by atoms with van der Waals surface area (Å²) in [6.07, 6.45) is 1.67. The summed E-state index contributed by atoms with van der Waals surface area (Å²) < 4.78 is 0. The minimum absolute atomic E-state index is 0.340. The molecule has 1 rings (SSSR count). The molecule has 0 aromatic carbocycles. The van der Waals surface area contributed by atoms with E-state index < -0.39 is 0 Å². The highest BCUT2D eigenvalue weighted by atomic mass is 35.5. The first-order valence-electron chi connectivity index (χ1n) is 4.61. The maximum atomic E-state index is 9.95. The smallest absolute Gasteiger partial charge is 0.0910 e. The highest BCUT2D eigenvalue weighted by molar-refractivity contribution is 7.10. The molecule has 0 fully saturated rings. The van der Waals surface area contributed by atoms with Crippen molar-refractivity contribution in [2.45, 2.75) is 32.8 Å². The fourth-order valence-electron chi connectivity index (χ4n) is 1.45. The van der Waals surface area contributed by atoms with Crippen LogP contribution in [0.5, 0.6) is 0 Å². The van der Waals surface area contributed by atoms with Crippen LogP contribution in [0.3, 0.4) is 0 Å². The van der Waals surface area contributed by atoms with E-state index in [1.54, 1.807) is 0 Å². The van der Waals surface area contributed by atoms with Crippen molar-refractivity contribution < 1.29 is 5.11 Å². The topological polar surface area (TPSA) is 20.2 Å². The minimum Gasteiger partial charge on any atom is -0.387 e. The minimum atomic E-state index is -0.340. The van der Waals surface area contributed by atoms with Gasteiger partial charge >= 0.3 is 0 Å². The number of thiophene rings is 1. The quantitative estimate of drug-likeness (QED) is 0.814. The number of aliphatic hydroxyl groups is 1. The van der Waals surface area contributed by atoms with Crippen molar-refractivity contribution in [3.05, 3.63) is 21.3 Å². The Morgan fingerprint density at radius 1 is 1.46 bits per heavy atom. The molecule has 0 saturated heterocycles. The van der Waals surface area contributed by atoms with E-state index in [4.69, 9.17) is 11.6 Å². The average molecular weight is 219 g/mol. The van der Waals surface area contributed by atoms with Crippen molar-refractivity contribution in [2.24, 2.45) is 5.92 Å². The van der Waals surface area contributed by atoms with Crippen molar-refractivity contribution in [2.75, 3.05) is 0 Å². The van der Waals surface area contributed by atoms with Crippen LogP contribution in [0, 0.1) is 5.92 Å². The molecular weight excluding hydrogens is 204 g/mol. The second-order valence-corrected chi connectivity index (χ2v) is 4.57. The molecule has 1 nitrogen and oxygen atoms in total. The largest absolute Gasteiger partial charge is 0.387 e. The van der Waals surface area contributed by atoms with Crippen LogP contribution in [0.25, 0.3) is 0 Å². The summed E-state index contributed by atoms with van der Waals surface area (Å²) >= 11 is 7.33. The molecule has 0 aliphatic carbocycles. The van der Waals surface area contributed by atoms with Gasteiger partial charge in [-0.15, -0.1) is 11.3 Å². The van der Waals surface area contributed by atoms with Gasteiger partial charge in [-0.1, -0.05) is 38.3 Å². The average Bonchev–Trinajstić information content (AvgIpc) is 2.54. The predicted octanol–water partition coefficient (Wildman–Crippen LogP) is 3.87. The van der Waals surface area contributed by atoms with E-state index in [0.29, 0.717) is 5.92 Å². The van der Waals surface area contributed by atoms with Gasteiger partial charge < -0.3 is 5.11 Å². The lowest BCUT2D eigenvalue weighted by atomic mass is 9.96. The molecule has 13 heavy (non-hydrogen) atoms. The molecule has 0 radical (unpaired) electrons. The number of hydrogen-bond donors (Lipinski definition) is 1. The SMILES string of the molecule is CCC(CC)C(O)c1cc(Cl)cs1. The van der Waals surface area contributed by atoms with Crippen LogP contribution >= 0.6 is 22.9 Å². The molecule has 74 valence electrons. The second-order valence-electron chi connectivity index (χ2n) is 3.19. The van der Waals surface area contributed by atoms with Gasteiger partial charge in [0.15, 0.2) is 0 Å². The van der Waals surface area contributed by atoms with Gasteiger partial charge in [-0.25, -0.2) is 0 Å². The monoisotopic (exact) mass is 218 g/mol.